The molecule has 1 fully saturated rings. The number of hydrogen-bond acceptors (Lipinski definition) is 5. The summed E-state index contributed by atoms with van der Waals surface area (Å²) in [6.45, 7) is 0.0828. The van der Waals surface area contributed by atoms with Crippen molar-refractivity contribution in [2.24, 2.45) is 0 Å². The van der Waals surface area contributed by atoms with E-state index in [4.69, 9.17) is 9.52 Å². The highest BCUT2D eigenvalue weighted by molar-refractivity contribution is 5.90. The van der Waals surface area contributed by atoms with Gasteiger partial charge in [0.25, 0.3) is 5.91 Å². The van der Waals surface area contributed by atoms with Gasteiger partial charge in [0.1, 0.15) is 11.6 Å². The predicted octanol–water partition coefficient (Wildman–Crippen LogP) is 0.903. The van der Waals surface area contributed by atoms with E-state index < -0.39 is 11.9 Å². The fourth-order valence-corrected chi connectivity index (χ4v) is 1.75. The van der Waals surface area contributed by atoms with E-state index in [1.165, 1.54) is 12.1 Å². The van der Waals surface area contributed by atoms with Gasteiger partial charge in [0.15, 0.2) is 0 Å². The zero-order valence-electron chi connectivity index (χ0n) is 10.4. The standard InChI is InChI=1S/C12H12N4O4/c17-11(10-14-9(15-16-10)6-1-2-6)13-5-7-3-4-8(20-7)12(18)19/h3-4,6H,1-2,5H2,(H,13,17)(H,18,19)(H,14,15,16). The number of aromatic carboxylic acids is 1. The molecule has 0 aromatic carbocycles. The topological polar surface area (TPSA) is 121 Å². The first-order valence-corrected chi connectivity index (χ1v) is 6.16. The van der Waals surface area contributed by atoms with Crippen LogP contribution in [0.25, 0.3) is 0 Å². The summed E-state index contributed by atoms with van der Waals surface area (Å²) in [5.74, 6) is -0.172. The third-order valence-electron chi connectivity index (χ3n) is 2.97. The Morgan fingerprint density at radius 3 is 2.90 bits per heavy atom. The second-order valence-corrected chi connectivity index (χ2v) is 4.57. The van der Waals surface area contributed by atoms with E-state index in [0.717, 1.165) is 18.7 Å². The third kappa shape index (κ3) is 2.53. The van der Waals surface area contributed by atoms with Crippen molar-refractivity contribution in [2.45, 2.75) is 25.3 Å². The molecule has 1 aliphatic rings. The van der Waals surface area contributed by atoms with Crippen LogP contribution in [-0.4, -0.2) is 32.2 Å². The molecule has 1 amide bonds. The number of hydrogen-bond donors (Lipinski definition) is 3. The number of furan rings is 1. The van der Waals surface area contributed by atoms with Gasteiger partial charge in [0.05, 0.1) is 6.54 Å². The van der Waals surface area contributed by atoms with Crippen molar-refractivity contribution in [3.05, 3.63) is 35.3 Å². The van der Waals surface area contributed by atoms with Crippen LogP contribution in [0.15, 0.2) is 16.5 Å². The molecule has 0 unspecified atom stereocenters. The first-order valence-electron chi connectivity index (χ1n) is 6.16. The first kappa shape index (κ1) is 12.4. The minimum absolute atomic E-state index is 0.0805. The summed E-state index contributed by atoms with van der Waals surface area (Å²) >= 11 is 0. The normalized spacial score (nSPS) is 14.2. The van der Waals surface area contributed by atoms with Crippen LogP contribution in [0.2, 0.25) is 0 Å². The Hall–Kier alpha value is -2.64. The minimum atomic E-state index is -1.15. The van der Waals surface area contributed by atoms with Crippen LogP contribution in [0.5, 0.6) is 0 Å². The van der Waals surface area contributed by atoms with E-state index in [2.05, 4.69) is 20.5 Å². The van der Waals surface area contributed by atoms with Crippen LogP contribution in [-0.2, 0) is 6.54 Å². The molecular formula is C12H12N4O4. The average Bonchev–Trinajstić information content (AvgIpc) is 2.98. The Morgan fingerprint density at radius 2 is 2.25 bits per heavy atom. The van der Waals surface area contributed by atoms with Crippen molar-refractivity contribution in [1.82, 2.24) is 20.5 Å². The van der Waals surface area contributed by atoms with Crippen molar-refractivity contribution in [3.8, 4) is 0 Å². The quantitative estimate of drug-likeness (QED) is 0.746. The number of carbonyl (C=O) groups excluding carboxylic acids is 1. The second kappa shape index (κ2) is 4.80. The average molecular weight is 276 g/mol. The van der Waals surface area contributed by atoms with E-state index in [1.54, 1.807) is 0 Å². The lowest BCUT2D eigenvalue weighted by molar-refractivity contribution is 0.0660. The monoisotopic (exact) mass is 276 g/mol. The van der Waals surface area contributed by atoms with Gasteiger partial charge in [-0.3, -0.25) is 9.89 Å². The number of carbonyl (C=O) groups is 2. The maximum Gasteiger partial charge on any atom is 0.371 e. The van der Waals surface area contributed by atoms with Gasteiger partial charge in [-0.1, -0.05) is 0 Å². The zero-order chi connectivity index (χ0) is 14.1. The number of carboxylic acids is 1. The van der Waals surface area contributed by atoms with Gasteiger partial charge in [-0.15, -0.1) is 5.10 Å². The predicted molar refractivity (Wildman–Crippen MR) is 65.2 cm³/mol. The molecule has 3 rings (SSSR count). The van der Waals surface area contributed by atoms with Crippen LogP contribution in [0.4, 0.5) is 0 Å². The van der Waals surface area contributed by atoms with Gasteiger partial charge < -0.3 is 14.8 Å². The van der Waals surface area contributed by atoms with Crippen LogP contribution >= 0.6 is 0 Å². The second-order valence-electron chi connectivity index (χ2n) is 4.57. The molecule has 0 bridgehead atoms. The van der Waals surface area contributed by atoms with Crippen LogP contribution in [0, 0.1) is 0 Å². The van der Waals surface area contributed by atoms with Gasteiger partial charge in [0, 0.05) is 5.92 Å². The first-order chi connectivity index (χ1) is 9.63. The number of nitrogens with zero attached hydrogens (tertiary/aromatic N) is 2. The van der Waals surface area contributed by atoms with Crippen molar-refractivity contribution in [1.29, 1.82) is 0 Å². The highest BCUT2D eigenvalue weighted by atomic mass is 16.4. The summed E-state index contributed by atoms with van der Waals surface area (Å²) in [5.41, 5.74) is 0. The summed E-state index contributed by atoms with van der Waals surface area (Å²) in [7, 11) is 0. The molecule has 1 aliphatic carbocycles. The Morgan fingerprint density at radius 1 is 1.45 bits per heavy atom. The number of aromatic amines is 1. The maximum atomic E-state index is 11.8. The Balaban J connectivity index is 1.58. The van der Waals surface area contributed by atoms with Crippen molar-refractivity contribution in [3.63, 3.8) is 0 Å². The van der Waals surface area contributed by atoms with Gasteiger partial charge in [-0.05, 0) is 25.0 Å². The summed E-state index contributed by atoms with van der Waals surface area (Å²) in [5, 5.41) is 17.9. The van der Waals surface area contributed by atoms with E-state index >= 15 is 0 Å². The minimum Gasteiger partial charge on any atom is -0.475 e. The Kier molecular flexibility index (Phi) is 2.97. The number of H-pyrrole nitrogens is 1. The summed E-state index contributed by atoms with van der Waals surface area (Å²) < 4.78 is 5.02. The molecule has 0 atom stereocenters. The lowest BCUT2D eigenvalue weighted by Gasteiger charge is -1.98. The SMILES string of the molecule is O=C(NCc1ccc(C(=O)O)o1)c1n[nH]c(C2CC2)n1. The maximum absolute atomic E-state index is 11.8. The van der Waals surface area contributed by atoms with Gasteiger partial charge >= 0.3 is 5.97 Å². The lowest BCUT2D eigenvalue weighted by atomic mass is 10.4. The summed E-state index contributed by atoms with van der Waals surface area (Å²) in [4.78, 5) is 26.6. The highest BCUT2D eigenvalue weighted by Gasteiger charge is 2.28. The molecule has 8 heteroatoms. The van der Waals surface area contributed by atoms with Crippen LogP contribution in [0.1, 0.15) is 51.5 Å². The molecular weight excluding hydrogens is 264 g/mol. The number of nitrogens with one attached hydrogen (secondary N) is 2. The molecule has 20 heavy (non-hydrogen) atoms. The third-order valence-corrected chi connectivity index (χ3v) is 2.97. The molecule has 104 valence electrons. The number of carboxylic acid groups (broad SMARTS) is 1. The Bertz CT molecular complexity index is 656. The van der Waals surface area contributed by atoms with E-state index in [0.29, 0.717) is 11.7 Å². The van der Waals surface area contributed by atoms with Crippen LogP contribution in [0.3, 0.4) is 0 Å². The van der Waals surface area contributed by atoms with Crippen molar-refractivity contribution >= 4 is 11.9 Å². The highest BCUT2D eigenvalue weighted by Crippen LogP contribution is 2.37. The lowest BCUT2D eigenvalue weighted by Crippen LogP contribution is -2.23. The van der Waals surface area contributed by atoms with Gasteiger partial charge in [-0.25, -0.2) is 9.78 Å². The molecule has 0 saturated heterocycles. The summed E-state index contributed by atoms with van der Waals surface area (Å²) in [6, 6.07) is 2.83. The molecule has 0 aliphatic heterocycles. The molecule has 3 N–H and O–H groups in total. The molecule has 0 radical (unpaired) electrons. The summed E-state index contributed by atoms with van der Waals surface area (Å²) in [6.07, 6.45) is 2.14. The largest absolute Gasteiger partial charge is 0.475 e. The van der Waals surface area contributed by atoms with Gasteiger partial charge in [0.2, 0.25) is 11.6 Å². The van der Waals surface area contributed by atoms with E-state index in [-0.39, 0.29) is 18.1 Å². The zero-order valence-corrected chi connectivity index (χ0v) is 10.4. The molecule has 2 heterocycles. The molecule has 2 aromatic heterocycles. The molecule has 1 saturated carbocycles. The fourth-order valence-electron chi connectivity index (χ4n) is 1.75. The van der Waals surface area contributed by atoms with Gasteiger partial charge in [-0.2, -0.15) is 0 Å². The van der Waals surface area contributed by atoms with Crippen molar-refractivity contribution in [2.75, 3.05) is 0 Å². The van der Waals surface area contributed by atoms with E-state index in [1.807, 2.05) is 0 Å². The van der Waals surface area contributed by atoms with E-state index in [9.17, 15) is 9.59 Å². The van der Waals surface area contributed by atoms with Crippen molar-refractivity contribution < 1.29 is 19.1 Å². The fraction of sp³-hybridized carbons (Fsp3) is 0.333. The molecule has 2 aromatic rings. The smallest absolute Gasteiger partial charge is 0.371 e. The number of rotatable bonds is 5. The molecule has 8 nitrogen and oxygen atoms in total. The molecule has 0 spiro atoms. The van der Waals surface area contributed by atoms with Crippen LogP contribution < -0.4 is 5.32 Å². The Labute approximate surface area is 113 Å². The number of amides is 1. The number of aromatic nitrogens is 3.